The molecule has 0 heterocycles. The molecule has 1 aromatic carbocycles. The van der Waals surface area contributed by atoms with Gasteiger partial charge in [0, 0.05) is 19.2 Å². The predicted molar refractivity (Wildman–Crippen MR) is 112 cm³/mol. The summed E-state index contributed by atoms with van der Waals surface area (Å²) in [5, 5.41) is 4.93. The molecule has 0 radical (unpaired) electrons. The van der Waals surface area contributed by atoms with E-state index in [1.54, 1.807) is 0 Å². The van der Waals surface area contributed by atoms with E-state index in [9.17, 15) is 18.9 Å². The second kappa shape index (κ2) is 13.0. The summed E-state index contributed by atoms with van der Waals surface area (Å²) in [6.07, 6.45) is -0.630. The van der Waals surface area contributed by atoms with Crippen molar-refractivity contribution in [1.82, 2.24) is 10.6 Å². The largest absolute Gasteiger partial charge is 0.468 e. The number of rotatable bonds is 12. The first-order valence-corrected chi connectivity index (χ1v) is 11.6. The van der Waals surface area contributed by atoms with Crippen LogP contribution in [0, 0.1) is 11.8 Å². The van der Waals surface area contributed by atoms with Gasteiger partial charge in [0.25, 0.3) is 0 Å². The Hall–Kier alpha value is -2.38. The molecule has 2 atom stereocenters. The van der Waals surface area contributed by atoms with Crippen molar-refractivity contribution in [1.29, 1.82) is 0 Å². The lowest BCUT2D eigenvalue weighted by atomic mass is 9.98. The summed E-state index contributed by atoms with van der Waals surface area (Å²) in [7, 11) is -0.861. The van der Waals surface area contributed by atoms with Crippen molar-refractivity contribution < 1.29 is 32.9 Å². The van der Waals surface area contributed by atoms with Gasteiger partial charge in [-0.25, -0.2) is 4.79 Å². The highest BCUT2D eigenvalue weighted by molar-refractivity contribution is 7.59. The molecule has 2 amide bonds. The molecule has 2 N–H and O–H groups in total. The summed E-state index contributed by atoms with van der Waals surface area (Å²) in [4.78, 5) is 35.7. The zero-order chi connectivity index (χ0) is 22.6. The zero-order valence-electron chi connectivity index (χ0n) is 17.9. The number of carbonyl (C=O) groups excluding carboxylic acids is 3. The maximum Gasteiger partial charge on any atom is 0.407 e. The Morgan fingerprint density at radius 3 is 2.30 bits per heavy atom. The molecule has 0 bridgehead atoms. The van der Waals surface area contributed by atoms with Gasteiger partial charge >= 0.3 is 12.1 Å². The number of carbonyl (C=O) groups is 3. The van der Waals surface area contributed by atoms with Crippen molar-refractivity contribution in [3.8, 4) is 0 Å². The molecule has 0 aliphatic carbocycles. The van der Waals surface area contributed by atoms with Crippen molar-refractivity contribution in [2.24, 2.45) is 11.8 Å². The molecule has 10 heteroatoms. The maximum absolute atomic E-state index is 13.1. The fourth-order valence-electron chi connectivity index (χ4n) is 2.71. The lowest BCUT2D eigenvalue weighted by molar-refractivity contribution is -0.141. The van der Waals surface area contributed by atoms with E-state index in [0.717, 1.165) is 5.56 Å². The molecule has 0 fully saturated rings. The second-order valence-corrected chi connectivity index (χ2v) is 9.87. The molecule has 1 aromatic rings. The van der Waals surface area contributed by atoms with Crippen LogP contribution in [0.2, 0.25) is 0 Å². The maximum atomic E-state index is 13.1. The highest BCUT2D eigenvalue weighted by Crippen LogP contribution is 2.47. The van der Waals surface area contributed by atoms with Crippen LogP contribution in [0.1, 0.15) is 25.8 Å². The van der Waals surface area contributed by atoms with E-state index in [2.05, 4.69) is 15.4 Å². The van der Waals surface area contributed by atoms with Gasteiger partial charge in [0.15, 0.2) is 0 Å². The standard InChI is InChI=1S/C20H31N2O7P/c1-15(2)10-17(19(24)21-11-18(23)27-3)13-30(26,28-4)14-22-20(25)29-12-16-8-6-5-7-9-16/h5-9,15,17H,10-14H2,1-4H3,(H,21,24)(H,22,25). The Bertz CT molecular complexity index is 740. The van der Waals surface area contributed by atoms with Crippen molar-refractivity contribution >= 4 is 25.3 Å². The van der Waals surface area contributed by atoms with E-state index in [-0.39, 0.29) is 31.5 Å². The van der Waals surface area contributed by atoms with Crippen LogP contribution in [0.4, 0.5) is 4.79 Å². The van der Waals surface area contributed by atoms with Gasteiger partial charge in [-0.1, -0.05) is 44.2 Å². The number of methoxy groups -OCH3 is 1. The average Bonchev–Trinajstić information content (AvgIpc) is 2.74. The van der Waals surface area contributed by atoms with Crippen LogP contribution in [-0.4, -0.2) is 51.2 Å². The molecule has 30 heavy (non-hydrogen) atoms. The quantitative estimate of drug-likeness (QED) is 0.377. The van der Waals surface area contributed by atoms with Crippen molar-refractivity contribution in [2.75, 3.05) is 33.2 Å². The van der Waals surface area contributed by atoms with Crippen LogP contribution < -0.4 is 10.6 Å². The molecule has 0 spiro atoms. The molecule has 168 valence electrons. The number of hydrogen-bond donors (Lipinski definition) is 2. The van der Waals surface area contributed by atoms with Crippen molar-refractivity contribution in [3.63, 3.8) is 0 Å². The summed E-state index contributed by atoms with van der Waals surface area (Å²) in [6, 6.07) is 9.15. The monoisotopic (exact) mass is 442 g/mol. The predicted octanol–water partition coefficient (Wildman–Crippen LogP) is 2.75. The van der Waals surface area contributed by atoms with Crippen LogP contribution in [0.5, 0.6) is 0 Å². The Morgan fingerprint density at radius 1 is 1.07 bits per heavy atom. The molecule has 1 rings (SSSR count). The molecule has 0 aromatic heterocycles. The first kappa shape index (κ1) is 25.7. The molecule has 9 nitrogen and oxygen atoms in total. The van der Waals surface area contributed by atoms with Gasteiger partial charge in [-0.3, -0.25) is 14.2 Å². The third-order valence-corrected chi connectivity index (χ3v) is 6.57. The SMILES string of the molecule is COC(=O)CNC(=O)C(CC(C)C)CP(=O)(CNC(=O)OCc1ccccc1)OC. The second-order valence-electron chi connectivity index (χ2n) is 7.20. The molecule has 0 aliphatic rings. The number of ether oxygens (including phenoxy) is 2. The van der Waals surface area contributed by atoms with Crippen LogP contribution in [0.15, 0.2) is 30.3 Å². The van der Waals surface area contributed by atoms with Gasteiger partial charge in [-0.2, -0.15) is 0 Å². The number of hydrogen-bond acceptors (Lipinski definition) is 7. The highest BCUT2D eigenvalue weighted by Gasteiger charge is 2.32. The molecule has 0 saturated heterocycles. The van der Waals surface area contributed by atoms with E-state index in [1.807, 2.05) is 44.2 Å². The third kappa shape index (κ3) is 9.89. The summed E-state index contributed by atoms with van der Waals surface area (Å²) < 4.78 is 27.9. The molecular formula is C20H31N2O7P. The first-order chi connectivity index (χ1) is 14.2. The van der Waals surface area contributed by atoms with Crippen LogP contribution in [0.25, 0.3) is 0 Å². The summed E-state index contributed by atoms with van der Waals surface area (Å²) in [6.45, 7) is 3.66. The Morgan fingerprint density at radius 2 is 1.73 bits per heavy atom. The number of nitrogens with one attached hydrogen (secondary N) is 2. The Kier molecular flexibility index (Phi) is 11.1. The van der Waals surface area contributed by atoms with E-state index in [4.69, 9.17) is 9.26 Å². The normalized spacial score (nSPS) is 13.8. The molecule has 2 unspecified atom stereocenters. The minimum atomic E-state index is -3.36. The number of benzene rings is 1. The van der Waals surface area contributed by atoms with Gasteiger partial charge in [-0.15, -0.1) is 0 Å². The number of amides is 2. The van der Waals surface area contributed by atoms with Gasteiger partial charge < -0.3 is 24.6 Å². The smallest absolute Gasteiger partial charge is 0.407 e. The summed E-state index contributed by atoms with van der Waals surface area (Å²) in [5.41, 5.74) is 0.821. The van der Waals surface area contributed by atoms with Gasteiger partial charge in [0.05, 0.1) is 13.4 Å². The lowest BCUT2D eigenvalue weighted by Gasteiger charge is -2.24. The first-order valence-electron chi connectivity index (χ1n) is 9.62. The topological polar surface area (TPSA) is 120 Å². The van der Waals surface area contributed by atoms with Crippen LogP contribution >= 0.6 is 7.37 Å². The van der Waals surface area contributed by atoms with Gasteiger partial charge in [0.1, 0.15) is 13.2 Å². The van der Waals surface area contributed by atoms with Crippen molar-refractivity contribution in [2.45, 2.75) is 26.9 Å². The van der Waals surface area contributed by atoms with Crippen LogP contribution in [-0.2, 0) is 34.8 Å². The zero-order valence-corrected chi connectivity index (χ0v) is 18.8. The van der Waals surface area contributed by atoms with Crippen LogP contribution in [0.3, 0.4) is 0 Å². The number of alkyl carbamates (subject to hydrolysis) is 1. The Balaban J connectivity index is 2.64. The fourth-order valence-corrected chi connectivity index (χ4v) is 4.47. The minimum Gasteiger partial charge on any atom is -0.468 e. The lowest BCUT2D eigenvalue weighted by Crippen LogP contribution is -2.38. The molecule has 0 saturated carbocycles. The van der Waals surface area contributed by atoms with E-state index in [0.29, 0.717) is 6.42 Å². The van der Waals surface area contributed by atoms with Gasteiger partial charge in [-0.05, 0) is 17.9 Å². The third-order valence-electron chi connectivity index (χ3n) is 4.27. The molecule has 0 aliphatic heterocycles. The highest BCUT2D eigenvalue weighted by atomic mass is 31.2. The van der Waals surface area contributed by atoms with E-state index < -0.39 is 31.3 Å². The Labute approximate surface area is 177 Å². The average molecular weight is 442 g/mol. The fraction of sp³-hybridized carbons (Fsp3) is 0.550. The van der Waals surface area contributed by atoms with Gasteiger partial charge in [0.2, 0.25) is 13.3 Å². The minimum absolute atomic E-state index is 0.0757. The molecular weight excluding hydrogens is 411 g/mol. The number of esters is 1. The van der Waals surface area contributed by atoms with Crippen molar-refractivity contribution in [3.05, 3.63) is 35.9 Å². The van der Waals surface area contributed by atoms with E-state index in [1.165, 1.54) is 14.2 Å². The van der Waals surface area contributed by atoms with E-state index >= 15 is 0 Å². The summed E-state index contributed by atoms with van der Waals surface area (Å²) in [5.74, 6) is -1.50. The summed E-state index contributed by atoms with van der Waals surface area (Å²) >= 11 is 0.